The third-order valence-corrected chi connectivity index (χ3v) is 3.37. The fourth-order valence-corrected chi connectivity index (χ4v) is 2.23. The molecule has 0 saturated heterocycles. The Balaban J connectivity index is 2.77. The Morgan fingerprint density at radius 3 is 2.48 bits per heavy atom. The van der Waals surface area contributed by atoms with Gasteiger partial charge in [-0.1, -0.05) is 29.8 Å². The predicted octanol–water partition coefficient (Wildman–Crippen LogP) is 4.21. The second-order valence-electron chi connectivity index (χ2n) is 6.25. The second kappa shape index (κ2) is 8.74. The number of hydrogen-bond donors (Lipinski definition) is 1. The lowest BCUT2D eigenvalue weighted by Crippen LogP contribution is -2.40. The van der Waals surface area contributed by atoms with Crippen LogP contribution < -0.4 is 5.32 Å². The highest BCUT2D eigenvalue weighted by Gasteiger charge is 2.20. The molecule has 0 amide bonds. The molecular weight excluding hydrogens is 286 g/mol. The van der Waals surface area contributed by atoms with Gasteiger partial charge in [0.2, 0.25) is 0 Å². The number of nitrogens with one attached hydrogen (secondary N) is 1. The molecule has 2 unspecified atom stereocenters. The van der Waals surface area contributed by atoms with Crippen LogP contribution in [0.2, 0.25) is 5.02 Å². The van der Waals surface area contributed by atoms with E-state index in [0.29, 0.717) is 19.8 Å². The van der Waals surface area contributed by atoms with Gasteiger partial charge in [0.05, 0.1) is 18.8 Å². The van der Waals surface area contributed by atoms with Crippen LogP contribution in [0.15, 0.2) is 24.3 Å². The molecule has 1 aromatic rings. The van der Waals surface area contributed by atoms with Crippen LogP contribution in [-0.2, 0) is 9.47 Å². The summed E-state index contributed by atoms with van der Waals surface area (Å²) in [4.78, 5) is 0. The molecule has 0 spiro atoms. The summed E-state index contributed by atoms with van der Waals surface area (Å²) in [6.45, 7) is 12.4. The first-order valence-electron chi connectivity index (χ1n) is 7.56. The molecule has 0 bridgehead atoms. The van der Waals surface area contributed by atoms with E-state index in [-0.39, 0.29) is 17.7 Å². The molecule has 0 aliphatic heterocycles. The van der Waals surface area contributed by atoms with Crippen molar-refractivity contribution in [1.29, 1.82) is 0 Å². The Hall–Kier alpha value is -0.610. The van der Waals surface area contributed by atoms with Gasteiger partial charge in [0.25, 0.3) is 0 Å². The van der Waals surface area contributed by atoms with E-state index in [1.807, 2.05) is 38.1 Å². The summed E-state index contributed by atoms with van der Waals surface area (Å²) in [6.07, 6.45) is -0.0682. The lowest BCUT2D eigenvalue weighted by atomic mass is 10.1. The normalized spacial score (nSPS) is 15.0. The molecule has 0 heterocycles. The molecule has 0 aromatic heterocycles. The Morgan fingerprint density at radius 1 is 1.24 bits per heavy atom. The highest BCUT2D eigenvalue weighted by atomic mass is 35.5. The van der Waals surface area contributed by atoms with E-state index >= 15 is 0 Å². The zero-order chi connectivity index (χ0) is 15.9. The first-order chi connectivity index (χ1) is 9.83. The van der Waals surface area contributed by atoms with E-state index in [1.165, 1.54) is 0 Å². The average Bonchev–Trinajstić information content (AvgIpc) is 2.41. The largest absolute Gasteiger partial charge is 0.379 e. The predicted molar refractivity (Wildman–Crippen MR) is 89.0 cm³/mol. The highest BCUT2D eigenvalue weighted by molar-refractivity contribution is 6.31. The van der Waals surface area contributed by atoms with Crippen molar-refractivity contribution in [3.8, 4) is 0 Å². The van der Waals surface area contributed by atoms with Crippen LogP contribution in [0.1, 0.15) is 46.3 Å². The minimum Gasteiger partial charge on any atom is -0.379 e. The highest BCUT2D eigenvalue weighted by Crippen LogP contribution is 2.26. The monoisotopic (exact) mass is 313 g/mol. The zero-order valence-electron chi connectivity index (χ0n) is 13.8. The van der Waals surface area contributed by atoms with Crippen molar-refractivity contribution in [2.75, 3.05) is 19.8 Å². The van der Waals surface area contributed by atoms with Crippen LogP contribution >= 0.6 is 11.6 Å². The molecule has 4 heteroatoms. The third kappa shape index (κ3) is 7.28. The van der Waals surface area contributed by atoms with E-state index in [0.717, 1.165) is 10.6 Å². The van der Waals surface area contributed by atoms with E-state index < -0.39 is 0 Å². The van der Waals surface area contributed by atoms with Gasteiger partial charge in [-0.25, -0.2) is 0 Å². The van der Waals surface area contributed by atoms with Gasteiger partial charge in [-0.15, -0.1) is 0 Å². The minimum absolute atomic E-state index is 0.0213. The Morgan fingerprint density at radius 2 is 1.90 bits per heavy atom. The maximum Gasteiger partial charge on any atom is 0.0968 e. The first-order valence-corrected chi connectivity index (χ1v) is 7.94. The Labute approximate surface area is 134 Å². The van der Waals surface area contributed by atoms with Gasteiger partial charge < -0.3 is 14.8 Å². The summed E-state index contributed by atoms with van der Waals surface area (Å²) in [6, 6.07) is 7.84. The van der Waals surface area contributed by atoms with Gasteiger partial charge in [0.15, 0.2) is 0 Å². The van der Waals surface area contributed by atoms with Crippen LogP contribution in [0.3, 0.4) is 0 Å². The van der Waals surface area contributed by atoms with Crippen molar-refractivity contribution in [2.45, 2.75) is 52.4 Å². The SMILES string of the molecule is CCOCC(C)OC(CNC(C)(C)C)c1ccccc1Cl. The van der Waals surface area contributed by atoms with E-state index in [1.54, 1.807) is 0 Å². The fraction of sp³-hybridized carbons (Fsp3) is 0.647. The number of rotatable bonds is 8. The molecule has 3 nitrogen and oxygen atoms in total. The van der Waals surface area contributed by atoms with Gasteiger partial charge >= 0.3 is 0 Å². The second-order valence-corrected chi connectivity index (χ2v) is 6.65. The van der Waals surface area contributed by atoms with Crippen molar-refractivity contribution < 1.29 is 9.47 Å². The average molecular weight is 314 g/mol. The van der Waals surface area contributed by atoms with Crippen molar-refractivity contribution in [3.63, 3.8) is 0 Å². The van der Waals surface area contributed by atoms with Crippen molar-refractivity contribution in [2.24, 2.45) is 0 Å². The Kier molecular flexibility index (Phi) is 7.67. The van der Waals surface area contributed by atoms with Crippen LogP contribution in [-0.4, -0.2) is 31.4 Å². The standard InChI is InChI=1S/C17H28ClNO2/c1-6-20-12-13(2)21-16(11-19-17(3,4)5)14-9-7-8-10-15(14)18/h7-10,13,16,19H,6,11-12H2,1-5H3. The number of ether oxygens (including phenoxy) is 2. The fourth-order valence-electron chi connectivity index (χ4n) is 1.97. The van der Waals surface area contributed by atoms with Crippen LogP contribution in [0.5, 0.6) is 0 Å². The maximum absolute atomic E-state index is 6.32. The summed E-state index contributed by atoms with van der Waals surface area (Å²) in [7, 11) is 0. The van der Waals surface area contributed by atoms with E-state index in [9.17, 15) is 0 Å². The van der Waals surface area contributed by atoms with Gasteiger partial charge in [0, 0.05) is 29.3 Å². The van der Waals surface area contributed by atoms with Crippen LogP contribution in [0, 0.1) is 0 Å². The first kappa shape index (κ1) is 18.4. The molecule has 1 N–H and O–H groups in total. The van der Waals surface area contributed by atoms with Crippen LogP contribution in [0.25, 0.3) is 0 Å². The smallest absolute Gasteiger partial charge is 0.0968 e. The lowest BCUT2D eigenvalue weighted by Gasteiger charge is -2.28. The molecule has 1 rings (SSSR count). The number of benzene rings is 1. The molecular formula is C17H28ClNO2. The quantitative estimate of drug-likeness (QED) is 0.780. The molecule has 0 aliphatic rings. The molecule has 2 atom stereocenters. The molecule has 0 saturated carbocycles. The number of halogens is 1. The van der Waals surface area contributed by atoms with E-state index in [2.05, 4.69) is 26.1 Å². The van der Waals surface area contributed by atoms with Gasteiger partial charge in [-0.05, 0) is 40.7 Å². The van der Waals surface area contributed by atoms with Gasteiger partial charge in [-0.3, -0.25) is 0 Å². The molecule has 0 radical (unpaired) electrons. The minimum atomic E-state index is -0.0895. The molecule has 1 aromatic carbocycles. The Bertz CT molecular complexity index is 417. The summed E-state index contributed by atoms with van der Waals surface area (Å²) in [5.74, 6) is 0. The third-order valence-electron chi connectivity index (χ3n) is 3.02. The number of hydrogen-bond acceptors (Lipinski definition) is 3. The van der Waals surface area contributed by atoms with Crippen molar-refractivity contribution in [3.05, 3.63) is 34.9 Å². The summed E-state index contributed by atoms with van der Waals surface area (Å²) >= 11 is 6.32. The summed E-state index contributed by atoms with van der Waals surface area (Å²) < 4.78 is 11.6. The topological polar surface area (TPSA) is 30.5 Å². The van der Waals surface area contributed by atoms with Gasteiger partial charge in [0.1, 0.15) is 0 Å². The molecule has 0 aliphatic carbocycles. The molecule has 120 valence electrons. The lowest BCUT2D eigenvalue weighted by molar-refractivity contribution is -0.0485. The molecule has 0 fully saturated rings. The van der Waals surface area contributed by atoms with E-state index in [4.69, 9.17) is 21.1 Å². The van der Waals surface area contributed by atoms with Gasteiger partial charge in [-0.2, -0.15) is 0 Å². The van der Waals surface area contributed by atoms with Crippen molar-refractivity contribution in [1.82, 2.24) is 5.32 Å². The summed E-state index contributed by atoms with van der Waals surface area (Å²) in [5.41, 5.74) is 1.05. The van der Waals surface area contributed by atoms with Crippen molar-refractivity contribution >= 4 is 11.6 Å². The molecule has 21 heavy (non-hydrogen) atoms. The zero-order valence-corrected chi connectivity index (χ0v) is 14.5. The van der Waals surface area contributed by atoms with Crippen LogP contribution in [0.4, 0.5) is 0 Å². The summed E-state index contributed by atoms with van der Waals surface area (Å²) in [5, 5.41) is 4.22. The maximum atomic E-state index is 6.32.